The Balaban J connectivity index is 2.08. The van der Waals surface area contributed by atoms with Crippen LogP contribution in [0.4, 0.5) is 0 Å². The lowest BCUT2D eigenvalue weighted by Crippen LogP contribution is -2.59. The van der Waals surface area contributed by atoms with E-state index in [1.165, 1.54) is 5.69 Å². The van der Waals surface area contributed by atoms with Gasteiger partial charge in [0.2, 0.25) is 0 Å². The zero-order chi connectivity index (χ0) is 11.9. The molecule has 0 unspecified atom stereocenters. The molecule has 16 heavy (non-hydrogen) atoms. The van der Waals surface area contributed by atoms with Gasteiger partial charge in [-0.05, 0) is 29.3 Å². The van der Waals surface area contributed by atoms with Crippen LogP contribution in [-0.2, 0) is 20.0 Å². The molecule has 4 nitrogen and oxygen atoms in total. The third kappa shape index (κ3) is 2.17. The molecule has 0 radical (unpaired) electrons. The Morgan fingerprint density at radius 2 is 2.12 bits per heavy atom. The van der Waals surface area contributed by atoms with Crippen LogP contribution in [0.25, 0.3) is 0 Å². The van der Waals surface area contributed by atoms with Gasteiger partial charge in [0.05, 0.1) is 21.5 Å². The van der Waals surface area contributed by atoms with Gasteiger partial charge in [-0.15, -0.1) is 0 Å². The van der Waals surface area contributed by atoms with E-state index in [-0.39, 0.29) is 0 Å². The average molecular weight is 288 g/mol. The van der Waals surface area contributed by atoms with Gasteiger partial charge < -0.3 is 5.11 Å². The van der Waals surface area contributed by atoms with Crippen LogP contribution in [0, 0.1) is 0 Å². The lowest BCUT2D eigenvalue weighted by molar-refractivity contribution is -0.0879. The van der Waals surface area contributed by atoms with Gasteiger partial charge in [0.25, 0.3) is 0 Å². The molecule has 1 aliphatic rings. The number of rotatable bonds is 3. The summed E-state index contributed by atoms with van der Waals surface area (Å²) < 4.78 is 3.04. The molecule has 5 heteroatoms. The zero-order valence-corrected chi connectivity index (χ0v) is 11.6. The van der Waals surface area contributed by atoms with Crippen LogP contribution >= 0.6 is 15.9 Å². The first kappa shape index (κ1) is 12.1. The molecule has 1 aromatic heterocycles. The van der Waals surface area contributed by atoms with E-state index in [1.807, 2.05) is 18.7 Å². The number of hydrogen-bond acceptors (Lipinski definition) is 3. The molecule has 1 aliphatic heterocycles. The fraction of sp³-hybridized carbons (Fsp3) is 0.727. The Morgan fingerprint density at radius 1 is 1.50 bits per heavy atom. The van der Waals surface area contributed by atoms with Crippen molar-refractivity contribution in [2.75, 3.05) is 13.1 Å². The predicted octanol–water partition coefficient (Wildman–Crippen LogP) is 1.31. The van der Waals surface area contributed by atoms with E-state index >= 15 is 0 Å². The van der Waals surface area contributed by atoms with E-state index in [1.54, 1.807) is 0 Å². The highest BCUT2D eigenvalue weighted by Crippen LogP contribution is 2.27. The topological polar surface area (TPSA) is 41.3 Å². The lowest BCUT2D eigenvalue weighted by atomic mass is 9.97. The number of nitrogens with zero attached hydrogens (tertiary/aromatic N) is 3. The van der Waals surface area contributed by atoms with Gasteiger partial charge in [0, 0.05) is 26.7 Å². The number of halogens is 1. The fourth-order valence-corrected chi connectivity index (χ4v) is 2.97. The summed E-state index contributed by atoms with van der Waals surface area (Å²) in [5.74, 6) is 0. The summed E-state index contributed by atoms with van der Waals surface area (Å²) in [4.78, 5) is 2.22. The molecule has 0 aliphatic carbocycles. The van der Waals surface area contributed by atoms with Gasteiger partial charge in [0.15, 0.2) is 0 Å². The second kappa shape index (κ2) is 4.13. The van der Waals surface area contributed by atoms with E-state index < -0.39 is 5.60 Å². The first-order valence-electron chi connectivity index (χ1n) is 5.58. The molecule has 1 fully saturated rings. The maximum Gasteiger partial charge on any atom is 0.0872 e. The molecular weight excluding hydrogens is 270 g/mol. The Hall–Kier alpha value is -0.390. The summed E-state index contributed by atoms with van der Waals surface area (Å²) in [5, 5.41) is 14.1. The molecule has 2 heterocycles. The van der Waals surface area contributed by atoms with Crippen LogP contribution < -0.4 is 0 Å². The van der Waals surface area contributed by atoms with Gasteiger partial charge in [-0.3, -0.25) is 9.58 Å². The number of aromatic nitrogens is 2. The minimum atomic E-state index is -0.501. The van der Waals surface area contributed by atoms with Crippen molar-refractivity contribution in [2.24, 2.45) is 7.05 Å². The molecule has 90 valence electrons. The Morgan fingerprint density at radius 3 is 2.56 bits per heavy atom. The number of aryl methyl sites for hydroxylation is 2. The summed E-state index contributed by atoms with van der Waals surface area (Å²) in [6.45, 7) is 6.31. The number of likely N-dealkylation sites (tertiary alicyclic amines) is 1. The van der Waals surface area contributed by atoms with Crippen LogP contribution in [0.2, 0.25) is 0 Å². The zero-order valence-electron chi connectivity index (χ0n) is 10.00. The molecule has 0 spiro atoms. The van der Waals surface area contributed by atoms with E-state index in [4.69, 9.17) is 0 Å². The third-order valence-electron chi connectivity index (χ3n) is 3.00. The smallest absolute Gasteiger partial charge is 0.0872 e. The SMILES string of the molecule is CCc1nn(C)c(CN2CC(C)(O)C2)c1Br. The van der Waals surface area contributed by atoms with Crippen molar-refractivity contribution in [3.05, 3.63) is 15.9 Å². The third-order valence-corrected chi connectivity index (χ3v) is 3.92. The molecule has 1 aromatic rings. The molecule has 2 rings (SSSR count). The van der Waals surface area contributed by atoms with Crippen molar-refractivity contribution >= 4 is 15.9 Å². The number of β-amino-alcohol motifs (C(OH)–C–C–N with tert-alkyl or cyclic N) is 1. The van der Waals surface area contributed by atoms with Crippen molar-refractivity contribution in [1.29, 1.82) is 0 Å². The Kier molecular flexibility index (Phi) is 3.11. The molecule has 0 atom stereocenters. The summed E-state index contributed by atoms with van der Waals surface area (Å²) in [5.41, 5.74) is 1.79. The number of hydrogen-bond donors (Lipinski definition) is 1. The van der Waals surface area contributed by atoms with Crippen molar-refractivity contribution in [3.63, 3.8) is 0 Å². The lowest BCUT2D eigenvalue weighted by Gasteiger charge is -2.44. The molecule has 0 aromatic carbocycles. The summed E-state index contributed by atoms with van der Waals surface area (Å²) in [7, 11) is 1.97. The van der Waals surface area contributed by atoms with Gasteiger partial charge in [-0.25, -0.2) is 0 Å². The van der Waals surface area contributed by atoms with E-state index in [2.05, 4.69) is 32.9 Å². The van der Waals surface area contributed by atoms with E-state index in [0.29, 0.717) is 0 Å². The standard InChI is InChI=1S/C11H18BrN3O/c1-4-8-10(12)9(14(3)13-8)5-15-6-11(2,16)7-15/h16H,4-7H2,1-3H3. The molecule has 1 N–H and O–H groups in total. The van der Waals surface area contributed by atoms with Crippen LogP contribution in [0.1, 0.15) is 25.2 Å². The minimum absolute atomic E-state index is 0.501. The first-order chi connectivity index (χ1) is 7.43. The molecule has 1 saturated heterocycles. The largest absolute Gasteiger partial charge is 0.388 e. The van der Waals surface area contributed by atoms with E-state index in [9.17, 15) is 5.11 Å². The van der Waals surface area contributed by atoms with Gasteiger partial charge in [0.1, 0.15) is 0 Å². The fourth-order valence-electron chi connectivity index (χ4n) is 2.23. The minimum Gasteiger partial charge on any atom is -0.388 e. The highest BCUT2D eigenvalue weighted by atomic mass is 79.9. The van der Waals surface area contributed by atoms with Crippen molar-refractivity contribution < 1.29 is 5.11 Å². The molecule has 0 amide bonds. The van der Waals surface area contributed by atoms with Crippen LogP contribution in [-0.4, -0.2) is 38.5 Å². The maximum absolute atomic E-state index is 9.68. The van der Waals surface area contributed by atoms with Gasteiger partial charge >= 0.3 is 0 Å². The predicted molar refractivity (Wildman–Crippen MR) is 66.2 cm³/mol. The maximum atomic E-state index is 9.68. The summed E-state index contributed by atoms with van der Waals surface area (Å²) in [6, 6.07) is 0. The Labute approximate surface area is 104 Å². The Bertz CT molecular complexity index is 392. The van der Waals surface area contributed by atoms with Crippen molar-refractivity contribution in [2.45, 2.75) is 32.4 Å². The van der Waals surface area contributed by atoms with Crippen LogP contribution in [0.15, 0.2) is 4.47 Å². The second-order valence-corrected chi connectivity index (χ2v) is 5.62. The second-order valence-electron chi connectivity index (χ2n) is 4.83. The first-order valence-corrected chi connectivity index (χ1v) is 6.37. The quantitative estimate of drug-likeness (QED) is 0.912. The molecular formula is C11H18BrN3O. The van der Waals surface area contributed by atoms with Crippen molar-refractivity contribution in [3.8, 4) is 0 Å². The van der Waals surface area contributed by atoms with Crippen molar-refractivity contribution in [1.82, 2.24) is 14.7 Å². The number of aliphatic hydroxyl groups is 1. The molecule has 0 saturated carbocycles. The summed E-state index contributed by atoms with van der Waals surface area (Å²) >= 11 is 3.60. The normalized spacial score (nSPS) is 19.8. The monoisotopic (exact) mass is 287 g/mol. The average Bonchev–Trinajstić information content (AvgIpc) is 2.42. The van der Waals surface area contributed by atoms with Gasteiger partial charge in [-0.2, -0.15) is 5.10 Å². The van der Waals surface area contributed by atoms with Crippen LogP contribution in [0.5, 0.6) is 0 Å². The highest BCUT2D eigenvalue weighted by molar-refractivity contribution is 9.10. The molecule has 0 bridgehead atoms. The summed E-state index contributed by atoms with van der Waals surface area (Å²) in [6.07, 6.45) is 0.937. The highest BCUT2D eigenvalue weighted by Gasteiger charge is 2.36. The van der Waals surface area contributed by atoms with E-state index in [0.717, 1.165) is 36.2 Å². The van der Waals surface area contributed by atoms with Crippen LogP contribution in [0.3, 0.4) is 0 Å². The van der Waals surface area contributed by atoms with Gasteiger partial charge in [-0.1, -0.05) is 6.92 Å².